The smallest absolute Gasteiger partial charge is 0.338 e. The van der Waals surface area contributed by atoms with Crippen LogP contribution in [-0.4, -0.2) is 32.7 Å². The molecule has 0 aliphatic heterocycles. The number of rotatable bonds is 5. The number of nitrogens with one attached hydrogen (secondary N) is 1. The molecule has 0 aromatic heterocycles. The van der Waals surface area contributed by atoms with Gasteiger partial charge in [0.05, 0.1) is 10.5 Å². The van der Waals surface area contributed by atoms with E-state index in [2.05, 4.69) is 26.1 Å². The predicted octanol–water partition coefficient (Wildman–Crippen LogP) is 3.57. The monoisotopic (exact) mass is 403 g/mol. The lowest BCUT2D eigenvalue weighted by atomic mass is 9.87. The van der Waals surface area contributed by atoms with Crippen LogP contribution in [0.5, 0.6) is 0 Å². The molecule has 2 aromatic rings. The van der Waals surface area contributed by atoms with Crippen molar-refractivity contribution < 1.29 is 22.7 Å². The standard InChI is InChI=1S/C21H25NO5S/c1-14(19(23)22-17-10-8-16(9-11-17)21(2,3)4)27-20(24)15-6-12-18(13-7-15)28(5,25)26/h6-14H,1-5H3,(H,22,23). The summed E-state index contributed by atoms with van der Waals surface area (Å²) >= 11 is 0. The molecule has 150 valence electrons. The second kappa shape index (κ2) is 8.14. The summed E-state index contributed by atoms with van der Waals surface area (Å²) in [5.41, 5.74) is 1.93. The van der Waals surface area contributed by atoms with E-state index in [1.54, 1.807) is 12.1 Å². The van der Waals surface area contributed by atoms with E-state index in [1.165, 1.54) is 31.2 Å². The quantitative estimate of drug-likeness (QED) is 0.771. The van der Waals surface area contributed by atoms with E-state index in [-0.39, 0.29) is 15.9 Å². The Morgan fingerprint density at radius 1 is 0.964 bits per heavy atom. The van der Waals surface area contributed by atoms with Gasteiger partial charge in [-0.2, -0.15) is 0 Å². The number of anilines is 1. The molecule has 7 heteroatoms. The van der Waals surface area contributed by atoms with Crippen LogP contribution in [0.1, 0.15) is 43.6 Å². The van der Waals surface area contributed by atoms with E-state index < -0.39 is 27.8 Å². The van der Waals surface area contributed by atoms with Crippen molar-refractivity contribution >= 4 is 27.4 Å². The lowest BCUT2D eigenvalue weighted by Crippen LogP contribution is -2.30. The van der Waals surface area contributed by atoms with E-state index in [0.717, 1.165) is 11.8 Å². The molecule has 2 rings (SSSR count). The first kappa shape index (κ1) is 21.6. The summed E-state index contributed by atoms with van der Waals surface area (Å²) in [5, 5.41) is 2.71. The third-order valence-electron chi connectivity index (χ3n) is 4.19. The average molecular weight is 404 g/mol. The Morgan fingerprint density at radius 2 is 1.50 bits per heavy atom. The van der Waals surface area contributed by atoms with Gasteiger partial charge in [0.15, 0.2) is 15.9 Å². The van der Waals surface area contributed by atoms with Crippen LogP contribution in [0, 0.1) is 0 Å². The van der Waals surface area contributed by atoms with Crippen LogP contribution < -0.4 is 5.32 Å². The number of hydrogen-bond donors (Lipinski definition) is 1. The highest BCUT2D eigenvalue weighted by Gasteiger charge is 2.20. The van der Waals surface area contributed by atoms with Gasteiger partial charge in [0.1, 0.15) is 0 Å². The zero-order valence-electron chi connectivity index (χ0n) is 16.6. The van der Waals surface area contributed by atoms with Gasteiger partial charge >= 0.3 is 5.97 Å². The van der Waals surface area contributed by atoms with Gasteiger partial charge in [-0.1, -0.05) is 32.9 Å². The van der Waals surface area contributed by atoms with E-state index in [4.69, 9.17) is 4.74 Å². The van der Waals surface area contributed by atoms with Crippen molar-refractivity contribution in [2.45, 2.75) is 44.1 Å². The molecule has 1 amide bonds. The van der Waals surface area contributed by atoms with E-state index >= 15 is 0 Å². The highest BCUT2D eigenvalue weighted by atomic mass is 32.2. The second-order valence-corrected chi connectivity index (χ2v) is 9.68. The van der Waals surface area contributed by atoms with Gasteiger partial charge in [-0.05, 0) is 54.3 Å². The summed E-state index contributed by atoms with van der Waals surface area (Å²) in [6.45, 7) is 7.78. The molecular formula is C21H25NO5S. The number of ether oxygens (including phenoxy) is 1. The summed E-state index contributed by atoms with van der Waals surface area (Å²) in [7, 11) is -3.35. The Morgan fingerprint density at radius 3 is 1.96 bits per heavy atom. The third kappa shape index (κ3) is 5.66. The van der Waals surface area contributed by atoms with Gasteiger partial charge in [-0.3, -0.25) is 4.79 Å². The minimum Gasteiger partial charge on any atom is -0.449 e. The predicted molar refractivity (Wildman–Crippen MR) is 108 cm³/mol. The zero-order valence-corrected chi connectivity index (χ0v) is 17.5. The number of carbonyl (C=O) groups is 2. The Bertz CT molecular complexity index is 955. The molecule has 0 heterocycles. The first-order valence-electron chi connectivity index (χ1n) is 8.80. The van der Waals surface area contributed by atoms with E-state index in [0.29, 0.717) is 5.69 Å². The van der Waals surface area contributed by atoms with Crippen molar-refractivity contribution in [3.63, 3.8) is 0 Å². The Balaban J connectivity index is 1.99. The molecule has 0 fully saturated rings. The Labute approximate surface area is 165 Å². The van der Waals surface area contributed by atoms with Gasteiger partial charge in [0.2, 0.25) is 0 Å². The first-order valence-corrected chi connectivity index (χ1v) is 10.7. The van der Waals surface area contributed by atoms with Crippen molar-refractivity contribution in [2.75, 3.05) is 11.6 Å². The number of esters is 1. The molecular weight excluding hydrogens is 378 g/mol. The topological polar surface area (TPSA) is 89.5 Å². The molecule has 0 saturated carbocycles. The molecule has 0 spiro atoms. The largest absolute Gasteiger partial charge is 0.449 e. The Hall–Kier alpha value is -2.67. The molecule has 28 heavy (non-hydrogen) atoms. The van der Waals surface area contributed by atoms with Gasteiger partial charge in [-0.25, -0.2) is 13.2 Å². The number of sulfone groups is 1. The van der Waals surface area contributed by atoms with Gasteiger partial charge in [0, 0.05) is 11.9 Å². The van der Waals surface area contributed by atoms with Crippen molar-refractivity contribution in [2.24, 2.45) is 0 Å². The molecule has 1 N–H and O–H groups in total. The summed E-state index contributed by atoms with van der Waals surface area (Å²) in [6, 6.07) is 12.9. The first-order chi connectivity index (χ1) is 12.9. The molecule has 1 unspecified atom stereocenters. The maximum atomic E-state index is 12.3. The zero-order chi connectivity index (χ0) is 21.1. The van der Waals surface area contributed by atoms with E-state index in [1.807, 2.05) is 12.1 Å². The molecule has 0 bridgehead atoms. The minimum atomic E-state index is -3.35. The van der Waals surface area contributed by atoms with Gasteiger partial charge in [-0.15, -0.1) is 0 Å². The molecule has 0 radical (unpaired) electrons. The lowest BCUT2D eigenvalue weighted by Gasteiger charge is -2.19. The summed E-state index contributed by atoms with van der Waals surface area (Å²) < 4.78 is 28.1. The third-order valence-corrected chi connectivity index (χ3v) is 5.32. The SMILES string of the molecule is CC(OC(=O)c1ccc(S(C)(=O)=O)cc1)C(=O)Nc1ccc(C(C)(C)C)cc1. The van der Waals surface area contributed by atoms with Gasteiger partial charge < -0.3 is 10.1 Å². The highest BCUT2D eigenvalue weighted by molar-refractivity contribution is 7.90. The van der Waals surface area contributed by atoms with Crippen LogP contribution >= 0.6 is 0 Å². The lowest BCUT2D eigenvalue weighted by molar-refractivity contribution is -0.123. The van der Waals surface area contributed by atoms with Gasteiger partial charge in [0.25, 0.3) is 5.91 Å². The summed E-state index contributed by atoms with van der Waals surface area (Å²) in [6.07, 6.45) is 0.0743. The highest BCUT2D eigenvalue weighted by Crippen LogP contribution is 2.23. The maximum Gasteiger partial charge on any atom is 0.338 e. The fraction of sp³-hybridized carbons (Fsp3) is 0.333. The molecule has 0 aliphatic carbocycles. The number of hydrogen-bond acceptors (Lipinski definition) is 5. The molecule has 1 atom stereocenters. The van der Waals surface area contributed by atoms with Crippen molar-refractivity contribution in [1.29, 1.82) is 0 Å². The minimum absolute atomic E-state index is 0.0119. The maximum absolute atomic E-state index is 12.3. The van der Waals surface area contributed by atoms with Crippen molar-refractivity contribution in [1.82, 2.24) is 0 Å². The number of amides is 1. The summed E-state index contributed by atoms with van der Waals surface area (Å²) in [4.78, 5) is 24.6. The number of benzene rings is 2. The molecule has 6 nitrogen and oxygen atoms in total. The molecule has 0 saturated heterocycles. The van der Waals surface area contributed by atoms with Crippen molar-refractivity contribution in [3.05, 3.63) is 59.7 Å². The van der Waals surface area contributed by atoms with Crippen LogP contribution in [0.3, 0.4) is 0 Å². The van der Waals surface area contributed by atoms with Crippen LogP contribution in [0.15, 0.2) is 53.4 Å². The van der Waals surface area contributed by atoms with Crippen LogP contribution in [-0.2, 0) is 24.8 Å². The van der Waals surface area contributed by atoms with E-state index in [9.17, 15) is 18.0 Å². The summed E-state index contributed by atoms with van der Waals surface area (Å²) in [5.74, 6) is -1.16. The van der Waals surface area contributed by atoms with Crippen LogP contribution in [0.25, 0.3) is 0 Å². The Kier molecular flexibility index (Phi) is 6.29. The fourth-order valence-electron chi connectivity index (χ4n) is 2.42. The second-order valence-electron chi connectivity index (χ2n) is 7.66. The fourth-order valence-corrected chi connectivity index (χ4v) is 3.05. The normalized spacial score (nSPS) is 12.9. The van der Waals surface area contributed by atoms with Crippen LogP contribution in [0.2, 0.25) is 0 Å². The van der Waals surface area contributed by atoms with Crippen molar-refractivity contribution in [3.8, 4) is 0 Å². The molecule has 2 aromatic carbocycles. The van der Waals surface area contributed by atoms with Crippen LogP contribution in [0.4, 0.5) is 5.69 Å². The average Bonchev–Trinajstić information content (AvgIpc) is 2.60. The molecule has 0 aliphatic rings. The number of carbonyl (C=O) groups excluding carboxylic acids is 2.